The molecule has 1 aromatic rings. The molecule has 0 spiro atoms. The molecule has 0 aliphatic carbocycles. The standard InChI is InChI=1S/C11H11BrClNO4/c1-18-11(17)9(15)5-14-10(16)7-4-6(12)2-3-8(7)13/h2-4,9,15H,5H2,1H3,(H,14,16). The molecular weight excluding hydrogens is 325 g/mol. The number of carbonyl (C=O) groups is 2. The Labute approximate surface area is 117 Å². The highest BCUT2D eigenvalue weighted by Gasteiger charge is 2.17. The number of benzene rings is 1. The summed E-state index contributed by atoms with van der Waals surface area (Å²) in [5.41, 5.74) is 0.253. The molecule has 1 rings (SSSR count). The van der Waals surface area contributed by atoms with Crippen molar-refractivity contribution >= 4 is 39.4 Å². The van der Waals surface area contributed by atoms with Gasteiger partial charge in [0.1, 0.15) is 0 Å². The molecule has 2 N–H and O–H groups in total. The molecule has 1 amide bonds. The molecule has 98 valence electrons. The van der Waals surface area contributed by atoms with Crippen molar-refractivity contribution in [2.45, 2.75) is 6.10 Å². The van der Waals surface area contributed by atoms with Crippen molar-refractivity contribution in [2.75, 3.05) is 13.7 Å². The third-order valence-corrected chi connectivity index (χ3v) is 2.93. The van der Waals surface area contributed by atoms with Crippen molar-refractivity contribution in [3.8, 4) is 0 Å². The van der Waals surface area contributed by atoms with Gasteiger partial charge in [0, 0.05) is 4.47 Å². The molecule has 7 heteroatoms. The van der Waals surface area contributed by atoms with E-state index in [2.05, 4.69) is 26.0 Å². The van der Waals surface area contributed by atoms with Gasteiger partial charge in [0.15, 0.2) is 6.10 Å². The third kappa shape index (κ3) is 3.97. The maximum atomic E-state index is 11.8. The maximum absolute atomic E-state index is 11.8. The largest absolute Gasteiger partial charge is 0.467 e. The van der Waals surface area contributed by atoms with Gasteiger partial charge in [0.05, 0.1) is 24.2 Å². The van der Waals surface area contributed by atoms with E-state index in [9.17, 15) is 14.7 Å². The van der Waals surface area contributed by atoms with E-state index < -0.39 is 18.0 Å². The highest BCUT2D eigenvalue weighted by Crippen LogP contribution is 2.20. The average molecular weight is 337 g/mol. The Morgan fingerprint density at radius 2 is 2.22 bits per heavy atom. The van der Waals surface area contributed by atoms with Crippen LogP contribution in [0.1, 0.15) is 10.4 Å². The van der Waals surface area contributed by atoms with Gasteiger partial charge in [0.25, 0.3) is 5.91 Å². The molecule has 1 aromatic carbocycles. The first kappa shape index (κ1) is 14.9. The van der Waals surface area contributed by atoms with Crippen LogP contribution in [0.15, 0.2) is 22.7 Å². The summed E-state index contributed by atoms with van der Waals surface area (Å²) < 4.78 is 5.02. The van der Waals surface area contributed by atoms with Crippen molar-refractivity contribution in [3.05, 3.63) is 33.3 Å². The first-order chi connectivity index (χ1) is 8.45. The van der Waals surface area contributed by atoms with E-state index in [-0.39, 0.29) is 17.1 Å². The number of halogens is 2. The van der Waals surface area contributed by atoms with Crippen LogP contribution in [0.2, 0.25) is 5.02 Å². The number of hydrogen-bond donors (Lipinski definition) is 2. The molecule has 5 nitrogen and oxygen atoms in total. The second-order valence-corrected chi connectivity index (χ2v) is 4.70. The lowest BCUT2D eigenvalue weighted by atomic mass is 10.2. The van der Waals surface area contributed by atoms with Crippen LogP contribution in [0.5, 0.6) is 0 Å². The van der Waals surface area contributed by atoms with E-state index in [0.29, 0.717) is 4.47 Å². The van der Waals surface area contributed by atoms with Gasteiger partial charge in [-0.2, -0.15) is 0 Å². The summed E-state index contributed by atoms with van der Waals surface area (Å²) in [6.07, 6.45) is -1.40. The number of nitrogens with one attached hydrogen (secondary N) is 1. The molecule has 0 saturated heterocycles. The Morgan fingerprint density at radius 3 is 2.83 bits per heavy atom. The topological polar surface area (TPSA) is 75.6 Å². The highest BCUT2D eigenvalue weighted by atomic mass is 79.9. The van der Waals surface area contributed by atoms with Gasteiger partial charge in [-0.05, 0) is 18.2 Å². The van der Waals surface area contributed by atoms with Gasteiger partial charge >= 0.3 is 5.97 Å². The number of aliphatic hydroxyl groups excluding tert-OH is 1. The minimum absolute atomic E-state index is 0.242. The van der Waals surface area contributed by atoms with Gasteiger partial charge in [0.2, 0.25) is 0 Å². The number of hydrogen-bond acceptors (Lipinski definition) is 4. The second-order valence-electron chi connectivity index (χ2n) is 3.37. The zero-order valence-corrected chi connectivity index (χ0v) is 11.8. The number of ether oxygens (including phenoxy) is 1. The maximum Gasteiger partial charge on any atom is 0.336 e. The Morgan fingerprint density at radius 1 is 1.56 bits per heavy atom. The molecule has 0 aromatic heterocycles. The Balaban J connectivity index is 2.66. The van der Waals surface area contributed by atoms with Crippen molar-refractivity contribution < 1.29 is 19.4 Å². The van der Waals surface area contributed by atoms with Crippen LogP contribution in [-0.2, 0) is 9.53 Å². The van der Waals surface area contributed by atoms with Gasteiger partial charge in [-0.15, -0.1) is 0 Å². The number of rotatable bonds is 4. The highest BCUT2D eigenvalue weighted by molar-refractivity contribution is 9.10. The molecule has 0 radical (unpaired) electrons. The van der Waals surface area contributed by atoms with E-state index in [1.165, 1.54) is 0 Å². The minimum atomic E-state index is -1.40. The molecular formula is C11H11BrClNO4. The summed E-state index contributed by atoms with van der Waals surface area (Å²) in [7, 11) is 1.15. The number of methoxy groups -OCH3 is 1. The predicted octanol–water partition coefficient (Wildman–Crippen LogP) is 1.37. The molecule has 1 atom stereocenters. The molecule has 0 aliphatic heterocycles. The van der Waals surface area contributed by atoms with E-state index in [1.54, 1.807) is 18.2 Å². The summed E-state index contributed by atoms with van der Waals surface area (Å²) in [5.74, 6) is -1.29. The van der Waals surface area contributed by atoms with Crippen LogP contribution in [0.25, 0.3) is 0 Å². The molecule has 0 saturated carbocycles. The zero-order valence-electron chi connectivity index (χ0n) is 9.44. The van der Waals surface area contributed by atoms with Crippen LogP contribution in [-0.4, -0.2) is 36.7 Å². The lowest BCUT2D eigenvalue weighted by molar-refractivity contribution is -0.149. The Kier molecular flexibility index (Phi) is 5.58. The average Bonchev–Trinajstić information content (AvgIpc) is 2.37. The molecule has 0 fully saturated rings. The number of esters is 1. The monoisotopic (exact) mass is 335 g/mol. The fraction of sp³-hybridized carbons (Fsp3) is 0.273. The lowest BCUT2D eigenvalue weighted by Crippen LogP contribution is -2.37. The predicted molar refractivity (Wildman–Crippen MR) is 69.5 cm³/mol. The van der Waals surface area contributed by atoms with Crippen molar-refractivity contribution in [3.63, 3.8) is 0 Å². The lowest BCUT2D eigenvalue weighted by Gasteiger charge is -2.10. The van der Waals surface area contributed by atoms with Crippen molar-refractivity contribution in [1.29, 1.82) is 0 Å². The number of carbonyl (C=O) groups excluding carboxylic acids is 2. The third-order valence-electron chi connectivity index (χ3n) is 2.10. The first-order valence-corrected chi connectivity index (χ1v) is 6.12. The van der Waals surface area contributed by atoms with Crippen LogP contribution < -0.4 is 5.32 Å². The molecule has 0 heterocycles. The Hall–Kier alpha value is -1.11. The summed E-state index contributed by atoms with van der Waals surface area (Å²) in [6, 6.07) is 4.81. The Bertz CT molecular complexity index is 466. The summed E-state index contributed by atoms with van der Waals surface area (Å²) in [5, 5.41) is 12.0. The molecule has 0 aliphatic rings. The van der Waals surface area contributed by atoms with Gasteiger partial charge < -0.3 is 15.2 Å². The van der Waals surface area contributed by atoms with Crippen LogP contribution >= 0.6 is 27.5 Å². The van der Waals surface area contributed by atoms with E-state index in [4.69, 9.17) is 11.6 Å². The van der Waals surface area contributed by atoms with Crippen LogP contribution in [0.3, 0.4) is 0 Å². The first-order valence-electron chi connectivity index (χ1n) is 4.95. The summed E-state index contributed by atoms with van der Waals surface area (Å²) in [4.78, 5) is 22.7. The van der Waals surface area contributed by atoms with Gasteiger partial charge in [-0.1, -0.05) is 27.5 Å². The molecule has 1 unspecified atom stereocenters. The van der Waals surface area contributed by atoms with E-state index >= 15 is 0 Å². The normalized spacial score (nSPS) is 11.8. The smallest absolute Gasteiger partial charge is 0.336 e. The summed E-state index contributed by atoms with van der Waals surface area (Å²) >= 11 is 9.08. The number of amides is 1. The van der Waals surface area contributed by atoms with E-state index in [0.717, 1.165) is 7.11 Å². The fourth-order valence-electron chi connectivity index (χ4n) is 1.18. The molecule has 0 bridgehead atoms. The quantitative estimate of drug-likeness (QED) is 0.814. The summed E-state index contributed by atoms with van der Waals surface area (Å²) in [6.45, 7) is -0.242. The van der Waals surface area contributed by atoms with Crippen LogP contribution in [0.4, 0.5) is 0 Å². The van der Waals surface area contributed by atoms with Crippen molar-refractivity contribution in [2.24, 2.45) is 0 Å². The SMILES string of the molecule is COC(=O)C(O)CNC(=O)c1cc(Br)ccc1Cl. The van der Waals surface area contributed by atoms with Gasteiger partial charge in [-0.3, -0.25) is 4.79 Å². The van der Waals surface area contributed by atoms with Crippen LogP contribution in [0, 0.1) is 0 Å². The second kappa shape index (κ2) is 6.72. The number of aliphatic hydroxyl groups is 1. The van der Waals surface area contributed by atoms with Crippen molar-refractivity contribution in [1.82, 2.24) is 5.32 Å². The minimum Gasteiger partial charge on any atom is -0.467 e. The fourth-order valence-corrected chi connectivity index (χ4v) is 1.74. The zero-order chi connectivity index (χ0) is 13.7. The van der Waals surface area contributed by atoms with Gasteiger partial charge in [-0.25, -0.2) is 4.79 Å². The molecule has 18 heavy (non-hydrogen) atoms. The van der Waals surface area contributed by atoms with E-state index in [1.807, 2.05) is 0 Å².